The number of carbonyl (C=O) groups is 1. The number of rotatable bonds is 10. The summed E-state index contributed by atoms with van der Waals surface area (Å²) in [5.74, 6) is -0.174. The van der Waals surface area contributed by atoms with Crippen LogP contribution in [0.25, 0.3) is 17.2 Å². The number of carbonyl (C=O) groups excluding carboxylic acids is 1. The highest BCUT2D eigenvalue weighted by atomic mass is 32.2. The number of esters is 1. The smallest absolute Gasteiger partial charge is 0.315 e. The molecule has 4 rings (SSSR count). The van der Waals surface area contributed by atoms with Crippen molar-refractivity contribution in [3.63, 3.8) is 0 Å². The zero-order chi connectivity index (χ0) is 34.2. The molecule has 0 spiro atoms. The molecule has 1 aliphatic rings. The van der Waals surface area contributed by atoms with E-state index in [0.717, 1.165) is 55.9 Å². The normalized spacial score (nSPS) is 15.3. The number of hydrogen-bond acceptors (Lipinski definition) is 4. The minimum atomic E-state index is -1.90. The summed E-state index contributed by atoms with van der Waals surface area (Å²) in [5, 5.41) is 0.127. The summed E-state index contributed by atoms with van der Waals surface area (Å²) < 4.78 is 39.1. The Labute approximate surface area is 278 Å². The fourth-order valence-electron chi connectivity index (χ4n) is 5.99. The molecule has 3 aromatic rings. The Kier molecular flexibility index (Phi) is 10.5. The number of ether oxygens (including phenoxy) is 1. The standard InChI is InChI=1S/C39H49FO4SSi/c1-25-20-26(2)37(39(7,8)18-19-43-46(10,11)38(4,5)6)35(21-25)44-36(41)24-33-27(3)32(31-17-14-29(40)23-34(31)33)22-28-12-15-30(16-13-28)45(9)42/h12-17,20-23H,18-19,24H2,1-11H3. The molecule has 1 aliphatic carbocycles. The molecule has 0 aromatic heterocycles. The molecule has 0 aliphatic heterocycles. The van der Waals surface area contributed by atoms with Crippen molar-refractivity contribution in [2.24, 2.45) is 0 Å². The number of aryl methyl sites for hydroxylation is 2. The van der Waals surface area contributed by atoms with Gasteiger partial charge in [-0.2, -0.15) is 0 Å². The van der Waals surface area contributed by atoms with E-state index < -0.39 is 19.1 Å². The minimum Gasteiger partial charge on any atom is -0.426 e. The summed E-state index contributed by atoms with van der Waals surface area (Å²) in [6.45, 7) is 22.3. The van der Waals surface area contributed by atoms with Gasteiger partial charge in [0.25, 0.3) is 0 Å². The molecular weight excluding hydrogens is 612 g/mol. The number of hydrogen-bond donors (Lipinski definition) is 0. The van der Waals surface area contributed by atoms with E-state index >= 15 is 0 Å². The predicted octanol–water partition coefficient (Wildman–Crippen LogP) is 10.2. The molecule has 1 atom stereocenters. The van der Waals surface area contributed by atoms with E-state index in [9.17, 15) is 13.4 Å². The summed E-state index contributed by atoms with van der Waals surface area (Å²) in [7, 11) is -2.96. The van der Waals surface area contributed by atoms with Gasteiger partial charge in [-0.05, 0) is 132 Å². The lowest BCUT2D eigenvalue weighted by atomic mass is 9.78. The second kappa shape index (κ2) is 13.5. The maximum Gasteiger partial charge on any atom is 0.315 e. The molecule has 0 bridgehead atoms. The molecule has 0 amide bonds. The average molecular weight is 661 g/mol. The molecule has 7 heteroatoms. The van der Waals surface area contributed by atoms with Crippen LogP contribution in [-0.4, -0.2) is 31.4 Å². The number of allylic oxidation sites excluding steroid dienone is 2. The molecule has 0 saturated carbocycles. The fraction of sp³-hybridized carbons (Fsp3) is 0.410. The molecular formula is C39H49FO4SSi. The highest BCUT2D eigenvalue weighted by molar-refractivity contribution is 7.84. The van der Waals surface area contributed by atoms with Gasteiger partial charge < -0.3 is 9.16 Å². The zero-order valence-electron chi connectivity index (χ0n) is 29.3. The van der Waals surface area contributed by atoms with Crippen molar-refractivity contribution in [2.75, 3.05) is 12.9 Å². The van der Waals surface area contributed by atoms with E-state index in [4.69, 9.17) is 9.16 Å². The van der Waals surface area contributed by atoms with Gasteiger partial charge in [0.1, 0.15) is 11.6 Å². The molecule has 0 radical (unpaired) electrons. The topological polar surface area (TPSA) is 52.6 Å². The van der Waals surface area contributed by atoms with Crippen LogP contribution in [0.15, 0.2) is 65.1 Å². The van der Waals surface area contributed by atoms with Crippen LogP contribution in [0.3, 0.4) is 0 Å². The zero-order valence-corrected chi connectivity index (χ0v) is 31.1. The van der Waals surface area contributed by atoms with E-state index in [1.165, 1.54) is 12.1 Å². The number of benzene rings is 3. The first-order valence-corrected chi connectivity index (χ1v) is 20.4. The highest BCUT2D eigenvalue weighted by Gasteiger charge is 2.38. The van der Waals surface area contributed by atoms with Gasteiger partial charge in [-0.15, -0.1) is 0 Å². The van der Waals surface area contributed by atoms with Crippen LogP contribution in [0.5, 0.6) is 5.75 Å². The average Bonchev–Trinajstić information content (AvgIpc) is 3.17. The van der Waals surface area contributed by atoms with Crippen LogP contribution >= 0.6 is 0 Å². The van der Waals surface area contributed by atoms with E-state index in [1.807, 2.05) is 50.3 Å². The third-order valence-electron chi connectivity index (χ3n) is 9.64. The summed E-state index contributed by atoms with van der Waals surface area (Å²) in [6, 6.07) is 16.3. The number of halogens is 1. The Morgan fingerprint density at radius 1 is 0.935 bits per heavy atom. The monoisotopic (exact) mass is 660 g/mol. The van der Waals surface area contributed by atoms with Gasteiger partial charge >= 0.3 is 5.97 Å². The van der Waals surface area contributed by atoms with Gasteiger partial charge in [0, 0.05) is 34.1 Å². The van der Waals surface area contributed by atoms with Gasteiger partial charge in [0.05, 0.1) is 6.42 Å². The first kappa shape index (κ1) is 35.7. The molecule has 0 N–H and O–H groups in total. The Balaban J connectivity index is 1.63. The van der Waals surface area contributed by atoms with E-state index in [2.05, 4.69) is 60.7 Å². The lowest BCUT2D eigenvalue weighted by Crippen LogP contribution is -2.41. The Morgan fingerprint density at radius 2 is 1.59 bits per heavy atom. The third kappa shape index (κ3) is 7.87. The largest absolute Gasteiger partial charge is 0.426 e. The molecule has 46 heavy (non-hydrogen) atoms. The molecule has 3 aromatic carbocycles. The lowest BCUT2D eigenvalue weighted by Gasteiger charge is -2.37. The summed E-state index contributed by atoms with van der Waals surface area (Å²) in [6.07, 6.45) is 4.48. The predicted molar refractivity (Wildman–Crippen MR) is 193 cm³/mol. The van der Waals surface area contributed by atoms with Crippen LogP contribution in [-0.2, 0) is 25.4 Å². The van der Waals surface area contributed by atoms with Crippen molar-refractivity contribution in [3.8, 4) is 5.75 Å². The SMILES string of the molecule is CC1=C(CC(=O)Oc2cc(C)cc(C)c2C(C)(C)CCO[Si](C)(C)C(C)(C)C)c2cc(F)ccc2C1=Cc1ccc(S(C)=O)cc1. The van der Waals surface area contributed by atoms with Crippen molar-refractivity contribution >= 4 is 42.3 Å². The first-order valence-electron chi connectivity index (χ1n) is 15.9. The van der Waals surface area contributed by atoms with E-state index in [0.29, 0.717) is 17.9 Å². The van der Waals surface area contributed by atoms with E-state index in [1.54, 1.807) is 12.3 Å². The van der Waals surface area contributed by atoms with Crippen LogP contribution in [0.4, 0.5) is 4.39 Å². The Bertz CT molecular complexity index is 1730. The van der Waals surface area contributed by atoms with Gasteiger partial charge in [0.15, 0.2) is 8.32 Å². The highest BCUT2D eigenvalue weighted by Crippen LogP contribution is 2.45. The second-order valence-electron chi connectivity index (χ2n) is 14.7. The second-order valence-corrected chi connectivity index (χ2v) is 20.9. The van der Waals surface area contributed by atoms with Crippen LogP contribution < -0.4 is 4.74 Å². The fourth-order valence-corrected chi connectivity index (χ4v) is 7.55. The maximum atomic E-state index is 14.5. The van der Waals surface area contributed by atoms with Crippen molar-refractivity contribution in [1.29, 1.82) is 0 Å². The minimum absolute atomic E-state index is 0.00865. The molecule has 1 unspecified atom stereocenters. The maximum absolute atomic E-state index is 14.5. The molecule has 0 saturated heterocycles. The lowest BCUT2D eigenvalue weighted by molar-refractivity contribution is -0.133. The van der Waals surface area contributed by atoms with Gasteiger partial charge in [-0.3, -0.25) is 9.00 Å². The van der Waals surface area contributed by atoms with Crippen molar-refractivity contribution in [3.05, 3.63) is 99.4 Å². The van der Waals surface area contributed by atoms with Crippen LogP contribution in [0, 0.1) is 19.7 Å². The van der Waals surface area contributed by atoms with Gasteiger partial charge in [-0.25, -0.2) is 4.39 Å². The summed E-state index contributed by atoms with van der Waals surface area (Å²) in [5.41, 5.74) is 7.90. The third-order valence-corrected chi connectivity index (χ3v) is 15.1. The van der Waals surface area contributed by atoms with Crippen molar-refractivity contribution in [2.45, 2.75) is 96.7 Å². The summed E-state index contributed by atoms with van der Waals surface area (Å²) in [4.78, 5) is 14.5. The Morgan fingerprint density at radius 3 is 2.20 bits per heavy atom. The van der Waals surface area contributed by atoms with Crippen LogP contribution in [0.1, 0.15) is 87.8 Å². The van der Waals surface area contributed by atoms with Gasteiger partial charge in [-0.1, -0.05) is 58.9 Å². The Hall–Kier alpha value is -3.13. The molecule has 246 valence electrons. The number of fused-ring (bicyclic) bond motifs is 1. The van der Waals surface area contributed by atoms with E-state index in [-0.39, 0.29) is 28.7 Å². The van der Waals surface area contributed by atoms with Crippen molar-refractivity contribution in [1.82, 2.24) is 0 Å². The van der Waals surface area contributed by atoms with Gasteiger partial charge in [0.2, 0.25) is 0 Å². The quantitative estimate of drug-likeness (QED) is 0.123. The molecule has 4 nitrogen and oxygen atoms in total. The van der Waals surface area contributed by atoms with Crippen molar-refractivity contribution < 1.29 is 22.6 Å². The summed E-state index contributed by atoms with van der Waals surface area (Å²) >= 11 is 0. The molecule has 0 fully saturated rings. The first-order chi connectivity index (χ1) is 21.3. The van der Waals surface area contributed by atoms with Crippen LogP contribution in [0.2, 0.25) is 18.1 Å². The molecule has 0 heterocycles.